The van der Waals surface area contributed by atoms with Gasteiger partial charge in [-0.05, 0) is 44.9 Å². The maximum Gasteiger partial charge on any atom is 0.303 e. The number of aliphatic hydroxyl groups is 1. The predicted molar refractivity (Wildman–Crippen MR) is 97.5 cm³/mol. The van der Waals surface area contributed by atoms with Gasteiger partial charge in [0.1, 0.15) is 0 Å². The molecule has 0 aliphatic heterocycles. The average Bonchev–Trinajstić information content (AvgIpc) is 2.51. The molecule has 2 N–H and O–H groups in total. The summed E-state index contributed by atoms with van der Waals surface area (Å²) in [4.78, 5) is 10.3. The van der Waals surface area contributed by atoms with Gasteiger partial charge in [0.2, 0.25) is 0 Å². The van der Waals surface area contributed by atoms with Crippen molar-refractivity contribution in [3.05, 3.63) is 36.5 Å². The Morgan fingerprint density at radius 3 is 2.09 bits per heavy atom. The molecule has 0 aromatic carbocycles. The Morgan fingerprint density at radius 1 is 0.870 bits per heavy atom. The lowest BCUT2D eigenvalue weighted by atomic mass is 10.1. The third-order valence-corrected chi connectivity index (χ3v) is 3.61. The van der Waals surface area contributed by atoms with E-state index in [0.29, 0.717) is 6.42 Å². The van der Waals surface area contributed by atoms with Gasteiger partial charge in [0.05, 0.1) is 6.10 Å². The normalized spacial score (nSPS) is 13.5. The van der Waals surface area contributed by atoms with Crippen LogP contribution in [0.2, 0.25) is 0 Å². The number of carboxylic acids is 1. The van der Waals surface area contributed by atoms with Crippen LogP contribution < -0.4 is 0 Å². The van der Waals surface area contributed by atoms with Gasteiger partial charge < -0.3 is 10.2 Å². The Kier molecular flexibility index (Phi) is 16.0. The molecule has 0 saturated heterocycles. The van der Waals surface area contributed by atoms with Gasteiger partial charge in [-0.25, -0.2) is 0 Å². The van der Waals surface area contributed by atoms with Gasteiger partial charge >= 0.3 is 5.97 Å². The molecule has 0 heterocycles. The van der Waals surface area contributed by atoms with E-state index in [1.165, 1.54) is 12.8 Å². The van der Waals surface area contributed by atoms with Crippen LogP contribution in [-0.2, 0) is 4.79 Å². The van der Waals surface area contributed by atoms with Gasteiger partial charge in [0.15, 0.2) is 0 Å². The van der Waals surface area contributed by atoms with Crippen molar-refractivity contribution in [2.24, 2.45) is 0 Å². The molecule has 0 aromatic rings. The van der Waals surface area contributed by atoms with Crippen LogP contribution >= 0.6 is 0 Å². The Balaban J connectivity index is 3.44. The highest BCUT2D eigenvalue weighted by molar-refractivity contribution is 5.66. The molecule has 0 aliphatic carbocycles. The number of rotatable bonds is 15. The van der Waals surface area contributed by atoms with E-state index in [9.17, 15) is 9.90 Å². The van der Waals surface area contributed by atoms with Crippen molar-refractivity contribution in [2.75, 3.05) is 0 Å². The molecule has 1 atom stereocenters. The minimum absolute atomic E-state index is 0.145. The molecule has 0 aromatic heterocycles. The third-order valence-electron chi connectivity index (χ3n) is 3.61. The number of unbranched alkanes of at least 4 members (excludes halogenated alkanes) is 3. The smallest absolute Gasteiger partial charge is 0.303 e. The molecule has 23 heavy (non-hydrogen) atoms. The fraction of sp³-hybridized carbons (Fsp3) is 0.650. The second-order valence-electron chi connectivity index (χ2n) is 5.90. The lowest BCUT2D eigenvalue weighted by molar-refractivity contribution is -0.137. The molecule has 0 aliphatic rings. The molecule has 0 amide bonds. The first kappa shape index (κ1) is 21.6. The van der Waals surface area contributed by atoms with Crippen LogP contribution in [-0.4, -0.2) is 22.3 Å². The monoisotopic (exact) mass is 322 g/mol. The van der Waals surface area contributed by atoms with Crippen LogP contribution in [0.15, 0.2) is 36.5 Å². The second-order valence-corrected chi connectivity index (χ2v) is 5.90. The lowest BCUT2D eigenvalue weighted by Crippen LogP contribution is -2.05. The van der Waals surface area contributed by atoms with Gasteiger partial charge in [0, 0.05) is 6.42 Å². The van der Waals surface area contributed by atoms with E-state index in [-0.39, 0.29) is 12.5 Å². The fourth-order valence-corrected chi connectivity index (χ4v) is 2.21. The molecule has 0 saturated carbocycles. The van der Waals surface area contributed by atoms with Gasteiger partial charge in [-0.1, -0.05) is 62.6 Å². The summed E-state index contributed by atoms with van der Waals surface area (Å²) in [6.07, 6.45) is 22.4. The lowest BCUT2D eigenvalue weighted by Gasteiger charge is -2.07. The zero-order chi connectivity index (χ0) is 17.2. The molecule has 0 bridgehead atoms. The number of aliphatic carboxylic acids is 1. The number of allylic oxidation sites excluding steroid dienone is 6. The highest BCUT2D eigenvalue weighted by Crippen LogP contribution is 2.08. The SMILES string of the molecule is CCCCCC(O)CC/C=C\C/C=C\C/C=C\CCCC(=O)O. The Hall–Kier alpha value is -1.35. The summed E-state index contributed by atoms with van der Waals surface area (Å²) in [5.74, 6) is -0.724. The maximum atomic E-state index is 10.3. The van der Waals surface area contributed by atoms with Crippen molar-refractivity contribution in [3.63, 3.8) is 0 Å². The standard InChI is InChI=1S/C20H34O3/c1-2-3-13-16-19(21)17-14-11-9-7-5-4-6-8-10-12-15-18-20(22)23/h4-5,8-11,19,21H,2-3,6-7,12-18H2,1H3,(H,22,23)/b5-4-,10-8-,11-9-. The van der Waals surface area contributed by atoms with Crippen LogP contribution in [0.4, 0.5) is 0 Å². The van der Waals surface area contributed by atoms with Crippen molar-refractivity contribution in [2.45, 2.75) is 83.7 Å². The summed E-state index contributed by atoms with van der Waals surface area (Å²) in [5, 5.41) is 18.3. The summed E-state index contributed by atoms with van der Waals surface area (Å²) in [6.45, 7) is 2.18. The van der Waals surface area contributed by atoms with E-state index in [4.69, 9.17) is 5.11 Å². The number of carboxylic acid groups (broad SMARTS) is 1. The summed E-state index contributed by atoms with van der Waals surface area (Å²) in [7, 11) is 0. The largest absolute Gasteiger partial charge is 0.481 e. The highest BCUT2D eigenvalue weighted by atomic mass is 16.4. The molecule has 132 valence electrons. The molecule has 0 spiro atoms. The minimum Gasteiger partial charge on any atom is -0.481 e. The predicted octanol–water partition coefficient (Wildman–Crippen LogP) is 5.41. The van der Waals surface area contributed by atoms with Crippen LogP contribution in [0.5, 0.6) is 0 Å². The third kappa shape index (κ3) is 18.6. The van der Waals surface area contributed by atoms with Crippen LogP contribution in [0.3, 0.4) is 0 Å². The molecule has 3 nitrogen and oxygen atoms in total. The average molecular weight is 322 g/mol. The molecular weight excluding hydrogens is 288 g/mol. The minimum atomic E-state index is -0.724. The molecule has 0 fully saturated rings. The van der Waals surface area contributed by atoms with Crippen molar-refractivity contribution in [1.82, 2.24) is 0 Å². The van der Waals surface area contributed by atoms with Crippen LogP contribution in [0.25, 0.3) is 0 Å². The summed E-state index contributed by atoms with van der Waals surface area (Å²) in [6, 6.07) is 0. The topological polar surface area (TPSA) is 57.5 Å². The number of hydrogen-bond acceptors (Lipinski definition) is 2. The first-order valence-electron chi connectivity index (χ1n) is 9.01. The molecular formula is C20H34O3. The fourth-order valence-electron chi connectivity index (χ4n) is 2.21. The van der Waals surface area contributed by atoms with Gasteiger partial charge in [-0.15, -0.1) is 0 Å². The van der Waals surface area contributed by atoms with Crippen molar-refractivity contribution >= 4 is 5.97 Å². The number of hydrogen-bond donors (Lipinski definition) is 2. The molecule has 0 rings (SSSR count). The van der Waals surface area contributed by atoms with Crippen LogP contribution in [0, 0.1) is 0 Å². The van der Waals surface area contributed by atoms with E-state index in [1.54, 1.807) is 0 Å². The summed E-state index contributed by atoms with van der Waals surface area (Å²) in [5.41, 5.74) is 0. The molecule has 1 unspecified atom stereocenters. The maximum absolute atomic E-state index is 10.3. The molecule has 3 heteroatoms. The van der Waals surface area contributed by atoms with E-state index < -0.39 is 5.97 Å². The summed E-state index contributed by atoms with van der Waals surface area (Å²) < 4.78 is 0. The zero-order valence-corrected chi connectivity index (χ0v) is 14.6. The zero-order valence-electron chi connectivity index (χ0n) is 14.6. The first-order chi connectivity index (χ1) is 11.2. The van der Waals surface area contributed by atoms with E-state index >= 15 is 0 Å². The first-order valence-corrected chi connectivity index (χ1v) is 9.01. The van der Waals surface area contributed by atoms with Crippen molar-refractivity contribution in [3.8, 4) is 0 Å². The second kappa shape index (κ2) is 17.0. The summed E-state index contributed by atoms with van der Waals surface area (Å²) >= 11 is 0. The van der Waals surface area contributed by atoms with Crippen molar-refractivity contribution in [1.29, 1.82) is 0 Å². The van der Waals surface area contributed by atoms with Gasteiger partial charge in [-0.3, -0.25) is 4.79 Å². The van der Waals surface area contributed by atoms with E-state index in [0.717, 1.165) is 44.9 Å². The van der Waals surface area contributed by atoms with Gasteiger partial charge in [0.25, 0.3) is 0 Å². The van der Waals surface area contributed by atoms with Crippen LogP contribution in [0.1, 0.15) is 77.6 Å². The highest BCUT2D eigenvalue weighted by Gasteiger charge is 2.01. The van der Waals surface area contributed by atoms with E-state index in [1.807, 2.05) is 6.08 Å². The number of aliphatic hydroxyl groups excluding tert-OH is 1. The van der Waals surface area contributed by atoms with Gasteiger partial charge in [-0.2, -0.15) is 0 Å². The van der Waals surface area contributed by atoms with E-state index in [2.05, 4.69) is 37.3 Å². The number of carbonyl (C=O) groups is 1. The quantitative estimate of drug-likeness (QED) is 0.313. The van der Waals surface area contributed by atoms with Crippen molar-refractivity contribution < 1.29 is 15.0 Å². The molecule has 0 radical (unpaired) electrons. The Morgan fingerprint density at radius 2 is 1.48 bits per heavy atom. The Labute approximate surface area is 141 Å². The Bertz CT molecular complexity index is 356.